The van der Waals surface area contributed by atoms with E-state index in [0.717, 1.165) is 23.3 Å². The molecule has 3 rings (SSSR count). The summed E-state index contributed by atoms with van der Waals surface area (Å²) >= 11 is 1.50. The molecule has 132 valence electrons. The van der Waals surface area contributed by atoms with Crippen LogP contribution in [0.4, 0.5) is 9.18 Å². The third-order valence-electron chi connectivity index (χ3n) is 4.23. The Balaban J connectivity index is 1.59. The maximum absolute atomic E-state index is 13.9. The summed E-state index contributed by atoms with van der Waals surface area (Å²) in [5, 5.41) is 5.80. The Hall–Kier alpha value is -2.05. The van der Waals surface area contributed by atoms with Crippen LogP contribution in [0.25, 0.3) is 0 Å². The fourth-order valence-electron chi connectivity index (χ4n) is 2.94. The lowest BCUT2D eigenvalue weighted by molar-refractivity contribution is 0.104. The highest BCUT2D eigenvalue weighted by Gasteiger charge is 2.24. The lowest BCUT2D eigenvalue weighted by Gasteiger charge is -2.26. The Labute approximate surface area is 151 Å². The molecule has 6 heteroatoms. The molecule has 0 spiro atoms. The van der Waals surface area contributed by atoms with Crippen molar-refractivity contribution >= 4 is 17.8 Å². The van der Waals surface area contributed by atoms with E-state index in [1.807, 2.05) is 36.4 Å². The van der Waals surface area contributed by atoms with Crippen molar-refractivity contribution in [2.75, 3.05) is 19.4 Å². The van der Waals surface area contributed by atoms with E-state index in [-0.39, 0.29) is 24.0 Å². The molecule has 0 fully saturated rings. The quantitative estimate of drug-likeness (QED) is 0.846. The SMILES string of the molecule is COC(CNC(=O)NC1CCSc2c(F)cccc21)c1ccccc1. The summed E-state index contributed by atoms with van der Waals surface area (Å²) in [6.45, 7) is 0.365. The number of rotatable bonds is 5. The molecule has 2 amide bonds. The number of nitrogens with one attached hydrogen (secondary N) is 2. The van der Waals surface area contributed by atoms with Gasteiger partial charge < -0.3 is 15.4 Å². The number of benzene rings is 2. The molecule has 25 heavy (non-hydrogen) atoms. The first kappa shape index (κ1) is 17.8. The summed E-state index contributed by atoms with van der Waals surface area (Å²) in [5.74, 6) is 0.557. The molecular formula is C19H21FN2O2S. The van der Waals surface area contributed by atoms with Crippen LogP contribution in [0.2, 0.25) is 0 Å². The lowest BCUT2D eigenvalue weighted by atomic mass is 10.0. The van der Waals surface area contributed by atoms with Crippen LogP contribution in [-0.2, 0) is 4.74 Å². The van der Waals surface area contributed by atoms with Crippen LogP contribution in [0.1, 0.15) is 29.7 Å². The maximum atomic E-state index is 13.9. The number of fused-ring (bicyclic) bond motifs is 1. The minimum Gasteiger partial charge on any atom is -0.375 e. The van der Waals surface area contributed by atoms with Gasteiger partial charge in [0, 0.05) is 24.3 Å². The summed E-state index contributed by atoms with van der Waals surface area (Å²) in [4.78, 5) is 12.9. The van der Waals surface area contributed by atoms with Gasteiger partial charge in [0.05, 0.1) is 12.1 Å². The van der Waals surface area contributed by atoms with Gasteiger partial charge in [-0.1, -0.05) is 42.5 Å². The van der Waals surface area contributed by atoms with Crippen LogP contribution in [0.5, 0.6) is 0 Å². The molecule has 0 saturated carbocycles. The van der Waals surface area contributed by atoms with Gasteiger partial charge in [-0.2, -0.15) is 0 Å². The molecule has 0 saturated heterocycles. The average Bonchev–Trinajstić information content (AvgIpc) is 2.64. The molecule has 0 bridgehead atoms. The van der Waals surface area contributed by atoms with Crippen LogP contribution < -0.4 is 10.6 Å². The fraction of sp³-hybridized carbons (Fsp3) is 0.316. The predicted octanol–water partition coefficient (Wildman–Crippen LogP) is 4.05. The van der Waals surface area contributed by atoms with Gasteiger partial charge in [0.2, 0.25) is 0 Å². The molecule has 4 nitrogen and oxygen atoms in total. The van der Waals surface area contributed by atoms with E-state index in [1.54, 1.807) is 13.2 Å². The standard InChI is InChI=1S/C19H21FN2O2S/c1-24-17(13-6-3-2-4-7-13)12-21-19(23)22-16-10-11-25-18-14(16)8-5-9-15(18)20/h2-9,16-17H,10-12H2,1H3,(H2,21,22,23). The van der Waals surface area contributed by atoms with E-state index in [2.05, 4.69) is 10.6 Å². The molecule has 2 aromatic carbocycles. The van der Waals surface area contributed by atoms with Crippen molar-refractivity contribution in [3.05, 3.63) is 65.5 Å². The number of thioether (sulfide) groups is 1. The maximum Gasteiger partial charge on any atom is 0.315 e. The zero-order valence-corrected chi connectivity index (χ0v) is 14.8. The second kappa shape index (κ2) is 8.36. The molecule has 2 aromatic rings. The Kier molecular flexibility index (Phi) is 5.94. The number of ether oxygens (including phenoxy) is 1. The summed E-state index contributed by atoms with van der Waals surface area (Å²) in [6, 6.07) is 14.3. The van der Waals surface area contributed by atoms with E-state index >= 15 is 0 Å². The summed E-state index contributed by atoms with van der Waals surface area (Å²) in [6.07, 6.45) is 0.569. The fourth-order valence-corrected chi connectivity index (χ4v) is 4.08. The third-order valence-corrected chi connectivity index (χ3v) is 5.39. The van der Waals surface area contributed by atoms with Gasteiger partial charge >= 0.3 is 6.03 Å². The van der Waals surface area contributed by atoms with E-state index in [9.17, 15) is 9.18 Å². The normalized spacial score (nSPS) is 17.4. The van der Waals surface area contributed by atoms with Crippen LogP contribution in [0, 0.1) is 5.82 Å². The van der Waals surface area contributed by atoms with Gasteiger partial charge in [-0.25, -0.2) is 9.18 Å². The van der Waals surface area contributed by atoms with E-state index < -0.39 is 0 Å². The number of amides is 2. The Bertz CT molecular complexity index is 727. The van der Waals surface area contributed by atoms with Crippen molar-refractivity contribution in [1.82, 2.24) is 10.6 Å². The first-order valence-electron chi connectivity index (χ1n) is 8.22. The van der Waals surface area contributed by atoms with E-state index in [4.69, 9.17) is 4.74 Å². The monoisotopic (exact) mass is 360 g/mol. The van der Waals surface area contributed by atoms with Crippen LogP contribution in [-0.4, -0.2) is 25.4 Å². The van der Waals surface area contributed by atoms with Crippen molar-refractivity contribution in [3.8, 4) is 0 Å². The predicted molar refractivity (Wildman–Crippen MR) is 97.2 cm³/mol. The molecule has 1 aliphatic rings. The Morgan fingerprint density at radius 2 is 2.08 bits per heavy atom. The first-order chi connectivity index (χ1) is 12.2. The molecule has 0 aromatic heterocycles. The number of hydrogen-bond acceptors (Lipinski definition) is 3. The molecule has 2 unspecified atom stereocenters. The van der Waals surface area contributed by atoms with Crippen LogP contribution in [0.15, 0.2) is 53.4 Å². The number of urea groups is 1. The topological polar surface area (TPSA) is 50.4 Å². The van der Waals surface area contributed by atoms with Gasteiger partial charge in [-0.05, 0) is 23.6 Å². The molecule has 0 radical (unpaired) electrons. The van der Waals surface area contributed by atoms with Crippen molar-refractivity contribution in [3.63, 3.8) is 0 Å². The van der Waals surface area contributed by atoms with Crippen molar-refractivity contribution in [1.29, 1.82) is 0 Å². The first-order valence-corrected chi connectivity index (χ1v) is 9.21. The second-order valence-corrected chi connectivity index (χ2v) is 6.94. The van der Waals surface area contributed by atoms with Crippen molar-refractivity contribution < 1.29 is 13.9 Å². The van der Waals surface area contributed by atoms with Gasteiger partial charge in [-0.3, -0.25) is 0 Å². The smallest absolute Gasteiger partial charge is 0.315 e. The van der Waals surface area contributed by atoms with Gasteiger partial charge in [0.1, 0.15) is 5.82 Å². The minimum absolute atomic E-state index is 0.176. The lowest BCUT2D eigenvalue weighted by Crippen LogP contribution is -2.40. The highest BCUT2D eigenvalue weighted by molar-refractivity contribution is 7.99. The van der Waals surface area contributed by atoms with Gasteiger partial charge in [0.15, 0.2) is 0 Å². The molecular weight excluding hydrogens is 339 g/mol. The van der Waals surface area contributed by atoms with E-state index in [0.29, 0.717) is 11.4 Å². The molecule has 1 heterocycles. The molecule has 0 aliphatic carbocycles. The number of methoxy groups -OCH3 is 1. The van der Waals surface area contributed by atoms with Crippen LogP contribution >= 0.6 is 11.8 Å². The van der Waals surface area contributed by atoms with E-state index in [1.165, 1.54) is 17.8 Å². The highest BCUT2D eigenvalue weighted by atomic mass is 32.2. The van der Waals surface area contributed by atoms with Crippen LogP contribution in [0.3, 0.4) is 0 Å². The summed E-state index contributed by atoms with van der Waals surface area (Å²) in [7, 11) is 1.62. The average molecular weight is 360 g/mol. The molecule has 1 aliphatic heterocycles. The highest BCUT2D eigenvalue weighted by Crippen LogP contribution is 2.37. The Morgan fingerprint density at radius 3 is 2.84 bits per heavy atom. The zero-order valence-electron chi connectivity index (χ0n) is 14.0. The van der Waals surface area contributed by atoms with Crippen molar-refractivity contribution in [2.45, 2.75) is 23.5 Å². The largest absolute Gasteiger partial charge is 0.375 e. The summed E-state index contributed by atoms with van der Waals surface area (Å²) < 4.78 is 19.4. The number of carbonyl (C=O) groups is 1. The summed E-state index contributed by atoms with van der Waals surface area (Å²) in [5.41, 5.74) is 1.85. The number of halogens is 1. The number of carbonyl (C=O) groups excluding carboxylic acids is 1. The van der Waals surface area contributed by atoms with Crippen molar-refractivity contribution in [2.24, 2.45) is 0 Å². The van der Waals surface area contributed by atoms with Gasteiger partial charge in [0.25, 0.3) is 0 Å². The minimum atomic E-state index is -0.273. The molecule has 2 N–H and O–H groups in total. The Morgan fingerprint density at radius 1 is 1.28 bits per heavy atom. The second-order valence-electron chi connectivity index (χ2n) is 5.84. The zero-order chi connectivity index (χ0) is 17.6. The number of hydrogen-bond donors (Lipinski definition) is 2. The van der Waals surface area contributed by atoms with Gasteiger partial charge in [-0.15, -0.1) is 11.8 Å². The third kappa shape index (κ3) is 4.32. The molecule has 2 atom stereocenters.